The van der Waals surface area contributed by atoms with Gasteiger partial charge in [0.05, 0.1) is 10.4 Å². The van der Waals surface area contributed by atoms with E-state index in [4.69, 9.17) is 11.6 Å². The molecule has 1 saturated carbocycles. The van der Waals surface area contributed by atoms with Gasteiger partial charge in [0.15, 0.2) is 0 Å². The summed E-state index contributed by atoms with van der Waals surface area (Å²) in [4.78, 5) is 30.1. The summed E-state index contributed by atoms with van der Waals surface area (Å²) in [6.45, 7) is 2.11. The van der Waals surface area contributed by atoms with Crippen molar-refractivity contribution in [1.82, 2.24) is 14.4 Å². The van der Waals surface area contributed by atoms with Gasteiger partial charge in [-0.25, -0.2) is 0 Å². The molecule has 0 aromatic carbocycles. The molecule has 1 atom stereocenters. The van der Waals surface area contributed by atoms with Gasteiger partial charge in [0.2, 0.25) is 5.91 Å². The molecular formula is C19H26ClN3O2. The minimum Gasteiger partial charge on any atom is -0.345 e. The maximum Gasteiger partial charge on any atom is 0.270 e. The van der Waals surface area contributed by atoms with Gasteiger partial charge in [-0.1, -0.05) is 24.4 Å². The van der Waals surface area contributed by atoms with Crippen LogP contribution in [0.25, 0.3) is 0 Å². The van der Waals surface area contributed by atoms with Crippen LogP contribution in [0, 0.1) is 5.41 Å². The van der Waals surface area contributed by atoms with Crippen LogP contribution >= 0.6 is 11.6 Å². The Bertz CT molecular complexity index is 695. The van der Waals surface area contributed by atoms with E-state index >= 15 is 0 Å². The Morgan fingerprint density at radius 2 is 1.96 bits per heavy atom. The number of hydrogen-bond acceptors (Lipinski definition) is 2. The number of piperidine rings is 1. The first-order valence-corrected chi connectivity index (χ1v) is 9.80. The zero-order valence-corrected chi connectivity index (χ0v) is 15.6. The normalized spacial score (nSPS) is 27.7. The molecule has 3 fully saturated rings. The molecule has 3 heterocycles. The van der Waals surface area contributed by atoms with Crippen LogP contribution in [-0.2, 0) is 11.8 Å². The highest BCUT2D eigenvalue weighted by molar-refractivity contribution is 6.31. The Balaban J connectivity index is 1.51. The lowest BCUT2D eigenvalue weighted by Crippen LogP contribution is -2.53. The lowest BCUT2D eigenvalue weighted by atomic mass is 9.77. The fourth-order valence-electron chi connectivity index (χ4n) is 4.99. The number of carbonyl (C=O) groups excluding carboxylic acids is 2. The molecule has 1 aromatic heterocycles. The number of likely N-dealkylation sites (tertiary alicyclic amines) is 2. The number of hydrogen-bond donors (Lipinski definition) is 0. The van der Waals surface area contributed by atoms with Crippen LogP contribution in [0.4, 0.5) is 0 Å². The predicted octanol–water partition coefficient (Wildman–Crippen LogP) is 3.08. The number of amides is 2. The molecule has 1 spiro atoms. The average molecular weight is 364 g/mol. The largest absolute Gasteiger partial charge is 0.345 e. The molecule has 4 rings (SSSR count). The number of rotatable bonds is 2. The zero-order chi connectivity index (χ0) is 17.6. The monoisotopic (exact) mass is 363 g/mol. The van der Waals surface area contributed by atoms with Gasteiger partial charge < -0.3 is 14.4 Å². The summed E-state index contributed by atoms with van der Waals surface area (Å²) in [5, 5.41) is 0.570. The van der Waals surface area contributed by atoms with Crippen molar-refractivity contribution in [1.29, 1.82) is 0 Å². The van der Waals surface area contributed by atoms with E-state index < -0.39 is 0 Å². The summed E-state index contributed by atoms with van der Waals surface area (Å²) in [6, 6.07) is 2.14. The molecule has 1 aromatic rings. The van der Waals surface area contributed by atoms with Crippen molar-refractivity contribution in [2.75, 3.05) is 19.6 Å². The summed E-state index contributed by atoms with van der Waals surface area (Å²) in [5.74, 6) is 0.280. The molecule has 0 unspecified atom stereocenters. The SMILES string of the molecule is Cn1cc(Cl)cc1C(=O)N1CC[C@@]2(CCCN(C3CCCC3)C2=O)C1. The van der Waals surface area contributed by atoms with E-state index in [9.17, 15) is 9.59 Å². The van der Waals surface area contributed by atoms with Gasteiger partial charge in [0.1, 0.15) is 5.69 Å². The lowest BCUT2D eigenvalue weighted by molar-refractivity contribution is -0.148. The molecule has 0 radical (unpaired) electrons. The molecule has 6 heteroatoms. The second kappa shape index (κ2) is 6.35. The molecule has 25 heavy (non-hydrogen) atoms. The maximum atomic E-state index is 13.3. The highest BCUT2D eigenvalue weighted by Gasteiger charge is 2.50. The average Bonchev–Trinajstić information content (AvgIpc) is 3.31. The number of halogens is 1. The van der Waals surface area contributed by atoms with E-state index in [-0.39, 0.29) is 11.3 Å². The van der Waals surface area contributed by atoms with Gasteiger partial charge in [-0.2, -0.15) is 0 Å². The van der Waals surface area contributed by atoms with Crippen molar-refractivity contribution in [3.63, 3.8) is 0 Å². The minimum absolute atomic E-state index is 0.0166. The third-order valence-electron chi connectivity index (χ3n) is 6.37. The molecule has 2 amide bonds. The van der Waals surface area contributed by atoms with E-state index in [1.165, 1.54) is 12.8 Å². The highest BCUT2D eigenvalue weighted by atomic mass is 35.5. The van der Waals surface area contributed by atoms with Crippen LogP contribution in [-0.4, -0.2) is 51.9 Å². The molecule has 2 aliphatic heterocycles. The zero-order valence-electron chi connectivity index (χ0n) is 14.8. The van der Waals surface area contributed by atoms with Crippen LogP contribution in [0.3, 0.4) is 0 Å². The van der Waals surface area contributed by atoms with Gasteiger partial charge in [-0.3, -0.25) is 9.59 Å². The first-order valence-electron chi connectivity index (χ1n) is 9.42. The minimum atomic E-state index is -0.356. The van der Waals surface area contributed by atoms with Crippen molar-refractivity contribution in [2.45, 2.75) is 51.0 Å². The van der Waals surface area contributed by atoms with E-state index in [0.717, 1.165) is 38.6 Å². The van der Waals surface area contributed by atoms with Crippen LogP contribution in [0.5, 0.6) is 0 Å². The first kappa shape index (κ1) is 17.0. The van der Waals surface area contributed by atoms with Crippen LogP contribution < -0.4 is 0 Å². The highest BCUT2D eigenvalue weighted by Crippen LogP contribution is 2.42. The Labute approximate surface area is 153 Å². The third-order valence-corrected chi connectivity index (χ3v) is 6.57. The Hall–Kier alpha value is -1.49. The maximum absolute atomic E-state index is 13.3. The molecule has 3 aliphatic rings. The number of nitrogens with zero attached hydrogens (tertiary/aromatic N) is 3. The Morgan fingerprint density at radius 3 is 2.64 bits per heavy atom. The predicted molar refractivity (Wildman–Crippen MR) is 96.6 cm³/mol. The van der Waals surface area contributed by atoms with Crippen molar-refractivity contribution >= 4 is 23.4 Å². The molecule has 5 nitrogen and oxygen atoms in total. The smallest absolute Gasteiger partial charge is 0.270 e. The van der Waals surface area contributed by atoms with Crippen molar-refractivity contribution in [2.24, 2.45) is 12.5 Å². The van der Waals surface area contributed by atoms with Gasteiger partial charge >= 0.3 is 0 Å². The molecule has 0 bridgehead atoms. The topological polar surface area (TPSA) is 45.6 Å². The summed E-state index contributed by atoms with van der Waals surface area (Å²) in [5.41, 5.74) is 0.240. The summed E-state index contributed by atoms with van der Waals surface area (Å²) >= 11 is 6.02. The van der Waals surface area contributed by atoms with Gasteiger partial charge in [0.25, 0.3) is 5.91 Å². The molecule has 2 saturated heterocycles. The van der Waals surface area contributed by atoms with Crippen LogP contribution in [0.1, 0.15) is 55.4 Å². The van der Waals surface area contributed by atoms with Crippen molar-refractivity contribution in [3.05, 3.63) is 23.0 Å². The quantitative estimate of drug-likeness (QED) is 0.810. The van der Waals surface area contributed by atoms with E-state index in [1.807, 2.05) is 11.9 Å². The van der Waals surface area contributed by atoms with Gasteiger partial charge in [-0.15, -0.1) is 0 Å². The third kappa shape index (κ3) is 2.86. The summed E-state index contributed by atoms with van der Waals surface area (Å²) in [7, 11) is 1.83. The van der Waals surface area contributed by atoms with E-state index in [1.54, 1.807) is 16.8 Å². The van der Waals surface area contributed by atoms with Crippen LogP contribution in [0.15, 0.2) is 12.3 Å². The molecule has 1 aliphatic carbocycles. The summed E-state index contributed by atoms with van der Waals surface area (Å²) < 4.78 is 1.77. The number of aryl methyl sites for hydroxylation is 1. The van der Waals surface area contributed by atoms with Crippen LogP contribution in [0.2, 0.25) is 5.02 Å². The number of carbonyl (C=O) groups is 2. The van der Waals surface area contributed by atoms with E-state index in [2.05, 4.69) is 4.90 Å². The fraction of sp³-hybridized carbons (Fsp3) is 0.684. The summed E-state index contributed by atoms with van der Waals surface area (Å²) in [6.07, 6.45) is 9.26. The molecule has 0 N–H and O–H groups in total. The Kier molecular flexibility index (Phi) is 4.30. The molecule has 136 valence electrons. The van der Waals surface area contributed by atoms with E-state index in [0.29, 0.717) is 35.8 Å². The molecular weight excluding hydrogens is 338 g/mol. The fourth-order valence-corrected chi connectivity index (χ4v) is 5.24. The number of aromatic nitrogens is 1. The standard InChI is InChI=1S/C19H26ClN3O2/c1-21-12-14(20)11-16(21)17(24)22-10-8-19(13-22)7-4-9-23(18(19)25)15-5-2-3-6-15/h11-12,15H,2-10,13H2,1H3/t19-/m0/s1. The second-order valence-electron chi connectivity index (χ2n) is 7.95. The van der Waals surface area contributed by atoms with Gasteiger partial charge in [-0.05, 0) is 38.2 Å². The van der Waals surface area contributed by atoms with Crippen molar-refractivity contribution in [3.8, 4) is 0 Å². The first-order chi connectivity index (χ1) is 12.0. The van der Waals surface area contributed by atoms with Gasteiger partial charge in [0, 0.05) is 38.9 Å². The Morgan fingerprint density at radius 1 is 1.20 bits per heavy atom. The second-order valence-corrected chi connectivity index (χ2v) is 8.39. The lowest BCUT2D eigenvalue weighted by Gasteiger charge is -2.42. The van der Waals surface area contributed by atoms with Crippen molar-refractivity contribution < 1.29 is 9.59 Å².